The minimum atomic E-state index is 0.442. The molecule has 17 heavy (non-hydrogen) atoms. The number of hydrogen-bond donors (Lipinski definition) is 3. The van der Waals surface area contributed by atoms with Crippen LogP contribution in [-0.2, 0) is 0 Å². The van der Waals surface area contributed by atoms with Crippen LogP contribution in [-0.4, -0.2) is 22.3 Å². The molecule has 1 atom stereocenters. The Morgan fingerprint density at radius 1 is 1.47 bits per heavy atom. The fourth-order valence-corrected chi connectivity index (χ4v) is 2.21. The van der Waals surface area contributed by atoms with E-state index in [0.717, 1.165) is 16.9 Å². The second kappa shape index (κ2) is 5.55. The van der Waals surface area contributed by atoms with Crippen molar-refractivity contribution in [1.29, 1.82) is 0 Å². The number of nitrogen functional groups attached to an aromatic ring is 1. The lowest BCUT2D eigenvalue weighted by molar-refractivity contribution is 0.639. The number of rotatable bonds is 6. The van der Waals surface area contributed by atoms with Crippen molar-refractivity contribution in [3.63, 3.8) is 0 Å². The first-order chi connectivity index (χ1) is 8.21. The number of nitrogens with zero attached hydrogens (tertiary/aromatic N) is 2. The van der Waals surface area contributed by atoms with Crippen molar-refractivity contribution in [2.24, 2.45) is 11.8 Å². The highest BCUT2D eigenvalue weighted by Crippen LogP contribution is 2.34. The summed E-state index contributed by atoms with van der Waals surface area (Å²) in [6.07, 6.45) is 5.92. The first-order valence-corrected chi connectivity index (χ1v) is 7.10. The number of nitrogens with two attached hydrogens (primary N) is 1. The summed E-state index contributed by atoms with van der Waals surface area (Å²) in [5.41, 5.74) is 2.56. The molecule has 2 rings (SSSR count). The van der Waals surface area contributed by atoms with Crippen molar-refractivity contribution in [1.82, 2.24) is 9.97 Å². The number of hydrazine groups is 1. The molecule has 1 fully saturated rings. The summed E-state index contributed by atoms with van der Waals surface area (Å²) in [5.74, 6) is 7.78. The topological polar surface area (TPSA) is 75.9 Å². The van der Waals surface area contributed by atoms with E-state index in [2.05, 4.69) is 27.6 Å². The molecule has 1 aromatic heterocycles. The molecular weight excluding hydrogens is 234 g/mol. The van der Waals surface area contributed by atoms with Crippen molar-refractivity contribution >= 4 is 23.4 Å². The third-order valence-corrected chi connectivity index (χ3v) is 3.36. The molecule has 5 nitrogen and oxygen atoms in total. The SMILES string of the molecule is CSc1nc(NN)cc(NC(C)CC2CC2)n1. The Hall–Kier alpha value is -1.01. The predicted octanol–water partition coefficient (Wildman–Crippen LogP) is 2.08. The second-order valence-electron chi connectivity index (χ2n) is 4.49. The highest BCUT2D eigenvalue weighted by atomic mass is 32.2. The van der Waals surface area contributed by atoms with E-state index in [1.165, 1.54) is 31.0 Å². The van der Waals surface area contributed by atoms with E-state index in [0.29, 0.717) is 11.9 Å². The molecule has 1 saturated carbocycles. The molecule has 0 spiro atoms. The summed E-state index contributed by atoms with van der Waals surface area (Å²) in [6, 6.07) is 2.28. The number of nitrogens with one attached hydrogen (secondary N) is 2. The Kier molecular flexibility index (Phi) is 4.06. The van der Waals surface area contributed by atoms with Crippen molar-refractivity contribution in [3.8, 4) is 0 Å². The Balaban J connectivity index is 2.02. The van der Waals surface area contributed by atoms with E-state index in [-0.39, 0.29) is 0 Å². The molecule has 0 radical (unpaired) electrons. The van der Waals surface area contributed by atoms with Crippen molar-refractivity contribution in [3.05, 3.63) is 6.07 Å². The zero-order valence-electron chi connectivity index (χ0n) is 10.2. The molecule has 4 N–H and O–H groups in total. The van der Waals surface area contributed by atoms with Gasteiger partial charge in [0.15, 0.2) is 5.16 Å². The number of anilines is 2. The lowest BCUT2D eigenvalue weighted by Crippen LogP contribution is -2.18. The summed E-state index contributed by atoms with van der Waals surface area (Å²) >= 11 is 1.51. The summed E-state index contributed by atoms with van der Waals surface area (Å²) in [7, 11) is 0. The maximum absolute atomic E-state index is 5.39. The van der Waals surface area contributed by atoms with Gasteiger partial charge in [-0.05, 0) is 25.5 Å². The van der Waals surface area contributed by atoms with E-state index < -0.39 is 0 Å². The van der Waals surface area contributed by atoms with Gasteiger partial charge in [0.1, 0.15) is 11.6 Å². The van der Waals surface area contributed by atoms with Gasteiger partial charge in [-0.25, -0.2) is 15.8 Å². The zero-order valence-corrected chi connectivity index (χ0v) is 11.0. The Labute approximate surface area is 106 Å². The largest absolute Gasteiger partial charge is 0.367 e. The van der Waals surface area contributed by atoms with Crippen LogP contribution in [0.3, 0.4) is 0 Å². The monoisotopic (exact) mass is 253 g/mol. The van der Waals surface area contributed by atoms with Crippen LogP contribution in [0.4, 0.5) is 11.6 Å². The molecule has 0 bridgehead atoms. The van der Waals surface area contributed by atoms with Crippen LogP contribution in [0.2, 0.25) is 0 Å². The number of hydrogen-bond acceptors (Lipinski definition) is 6. The predicted molar refractivity (Wildman–Crippen MR) is 72.0 cm³/mol. The lowest BCUT2D eigenvalue weighted by Gasteiger charge is -2.15. The van der Waals surface area contributed by atoms with E-state index in [4.69, 9.17) is 5.84 Å². The molecule has 1 unspecified atom stereocenters. The van der Waals surface area contributed by atoms with E-state index in [1.807, 2.05) is 12.3 Å². The fraction of sp³-hybridized carbons (Fsp3) is 0.636. The Bertz CT molecular complexity index is 358. The quantitative estimate of drug-likeness (QED) is 0.312. The van der Waals surface area contributed by atoms with Gasteiger partial charge in [0.2, 0.25) is 0 Å². The average Bonchev–Trinajstić information content (AvgIpc) is 3.12. The van der Waals surface area contributed by atoms with Crippen LogP contribution >= 0.6 is 11.8 Å². The van der Waals surface area contributed by atoms with E-state index in [1.54, 1.807) is 0 Å². The standard InChI is InChI=1S/C11H19N5S/c1-7(5-8-3-4-8)13-9-6-10(16-12)15-11(14-9)17-2/h6-8H,3-5,12H2,1-2H3,(H2,13,14,15,16). The maximum Gasteiger partial charge on any atom is 0.191 e. The zero-order chi connectivity index (χ0) is 12.3. The smallest absolute Gasteiger partial charge is 0.191 e. The maximum atomic E-state index is 5.39. The van der Waals surface area contributed by atoms with Gasteiger partial charge in [0.25, 0.3) is 0 Å². The summed E-state index contributed by atoms with van der Waals surface area (Å²) in [6.45, 7) is 2.19. The minimum Gasteiger partial charge on any atom is -0.367 e. The summed E-state index contributed by atoms with van der Waals surface area (Å²) in [5, 5.41) is 4.13. The first kappa shape index (κ1) is 12.4. The third kappa shape index (κ3) is 3.74. The highest BCUT2D eigenvalue weighted by Gasteiger charge is 2.23. The first-order valence-electron chi connectivity index (χ1n) is 5.87. The molecule has 0 aromatic carbocycles. The van der Waals surface area contributed by atoms with Crippen LogP contribution in [0.15, 0.2) is 11.2 Å². The van der Waals surface area contributed by atoms with Crippen molar-refractivity contribution in [2.45, 2.75) is 37.4 Å². The van der Waals surface area contributed by atoms with Crippen LogP contribution in [0.5, 0.6) is 0 Å². The summed E-state index contributed by atoms with van der Waals surface area (Å²) < 4.78 is 0. The molecule has 0 saturated heterocycles. The normalized spacial score (nSPS) is 16.6. The second-order valence-corrected chi connectivity index (χ2v) is 5.27. The van der Waals surface area contributed by atoms with E-state index >= 15 is 0 Å². The molecule has 1 aliphatic rings. The highest BCUT2D eigenvalue weighted by molar-refractivity contribution is 7.98. The van der Waals surface area contributed by atoms with Gasteiger partial charge in [-0.15, -0.1) is 0 Å². The van der Waals surface area contributed by atoms with Crippen LogP contribution < -0.4 is 16.6 Å². The fourth-order valence-electron chi connectivity index (χ4n) is 1.83. The summed E-state index contributed by atoms with van der Waals surface area (Å²) in [4.78, 5) is 8.64. The van der Waals surface area contributed by atoms with Crippen LogP contribution in [0.25, 0.3) is 0 Å². The molecule has 1 aromatic rings. The van der Waals surface area contributed by atoms with Crippen molar-refractivity contribution in [2.75, 3.05) is 17.0 Å². The van der Waals surface area contributed by atoms with Gasteiger partial charge >= 0.3 is 0 Å². The molecule has 6 heteroatoms. The van der Waals surface area contributed by atoms with Gasteiger partial charge in [-0.1, -0.05) is 24.6 Å². The molecule has 0 aliphatic heterocycles. The Morgan fingerprint density at radius 2 is 2.18 bits per heavy atom. The molecule has 1 heterocycles. The number of aromatic nitrogens is 2. The van der Waals surface area contributed by atoms with Gasteiger partial charge in [-0.3, -0.25) is 0 Å². The average molecular weight is 253 g/mol. The van der Waals surface area contributed by atoms with Gasteiger partial charge in [0.05, 0.1) is 0 Å². The molecule has 94 valence electrons. The minimum absolute atomic E-state index is 0.442. The molecular formula is C11H19N5S. The van der Waals surface area contributed by atoms with Crippen LogP contribution in [0, 0.1) is 5.92 Å². The number of thioether (sulfide) groups is 1. The lowest BCUT2D eigenvalue weighted by atomic mass is 10.1. The molecule has 1 aliphatic carbocycles. The van der Waals surface area contributed by atoms with Gasteiger partial charge < -0.3 is 10.7 Å². The molecule has 0 amide bonds. The van der Waals surface area contributed by atoms with E-state index in [9.17, 15) is 0 Å². The van der Waals surface area contributed by atoms with Crippen LogP contribution in [0.1, 0.15) is 26.2 Å². The third-order valence-electron chi connectivity index (χ3n) is 2.81. The van der Waals surface area contributed by atoms with Gasteiger partial charge in [0, 0.05) is 12.1 Å². The van der Waals surface area contributed by atoms with Gasteiger partial charge in [-0.2, -0.15) is 0 Å². The van der Waals surface area contributed by atoms with Crippen molar-refractivity contribution < 1.29 is 0 Å². The Morgan fingerprint density at radius 3 is 2.76 bits per heavy atom.